The summed E-state index contributed by atoms with van der Waals surface area (Å²) < 4.78 is 5.05. The van der Waals surface area contributed by atoms with E-state index in [-0.39, 0.29) is 17.2 Å². The molecule has 0 fully saturated rings. The van der Waals surface area contributed by atoms with Crippen molar-refractivity contribution in [1.82, 2.24) is 5.32 Å². The number of likely N-dealkylation sites (N-methyl/N-ethyl adjacent to an activating group) is 1. The van der Waals surface area contributed by atoms with E-state index in [0.717, 1.165) is 16.5 Å². The molecule has 9 nitrogen and oxygen atoms in total. The van der Waals surface area contributed by atoms with Crippen LogP contribution in [0.4, 0.5) is 11.4 Å². The highest BCUT2D eigenvalue weighted by molar-refractivity contribution is 6.04. The first-order valence-electron chi connectivity index (χ1n) is 10.3. The molecule has 170 valence electrons. The quantitative estimate of drug-likeness (QED) is 0.320. The van der Waals surface area contributed by atoms with E-state index in [1.165, 1.54) is 30.0 Å². The van der Waals surface area contributed by atoms with E-state index in [1.807, 2.05) is 49.4 Å². The summed E-state index contributed by atoms with van der Waals surface area (Å²) in [5.41, 5.74) is 1.12. The topological polar surface area (TPSA) is 119 Å². The number of anilines is 1. The smallest absolute Gasteiger partial charge is 0.325 e. The molecule has 3 aromatic rings. The van der Waals surface area contributed by atoms with Crippen molar-refractivity contribution in [1.29, 1.82) is 0 Å². The lowest BCUT2D eigenvalue weighted by atomic mass is 10.1. The molecule has 0 spiro atoms. The molecule has 0 heterocycles. The Morgan fingerprint density at radius 3 is 2.48 bits per heavy atom. The number of nitro benzene ring substituents is 1. The number of hydrogen-bond donors (Lipinski definition) is 1. The molecule has 0 atom stereocenters. The molecule has 2 amide bonds. The standard InChI is InChI=1S/C24H23N3O6/c1-3-26(21-10-6-8-17-7-4-5-9-19(17)21)22(28)15-33-23(29)14-25-24(30)18-11-12-20(27(31)32)16(2)13-18/h4-13H,3,14-15H2,1-2H3,(H,25,30). The fraction of sp³-hybridized carbons (Fsp3) is 0.208. The van der Waals surface area contributed by atoms with Gasteiger partial charge in [0.25, 0.3) is 17.5 Å². The van der Waals surface area contributed by atoms with Crippen LogP contribution in [0.1, 0.15) is 22.8 Å². The average Bonchev–Trinajstić information content (AvgIpc) is 2.81. The maximum absolute atomic E-state index is 12.7. The number of benzene rings is 3. The van der Waals surface area contributed by atoms with Gasteiger partial charge in [-0.15, -0.1) is 0 Å². The molecule has 0 bridgehead atoms. The van der Waals surface area contributed by atoms with Gasteiger partial charge in [0.1, 0.15) is 6.54 Å². The molecule has 0 aromatic heterocycles. The van der Waals surface area contributed by atoms with Crippen LogP contribution in [0.5, 0.6) is 0 Å². The maximum atomic E-state index is 12.7. The molecule has 0 aliphatic heterocycles. The van der Waals surface area contributed by atoms with Gasteiger partial charge in [0, 0.05) is 29.1 Å². The molecule has 3 rings (SSSR count). The number of aryl methyl sites for hydroxylation is 1. The van der Waals surface area contributed by atoms with Crippen LogP contribution in [0.2, 0.25) is 0 Å². The first-order valence-corrected chi connectivity index (χ1v) is 10.3. The first kappa shape index (κ1) is 23.4. The highest BCUT2D eigenvalue weighted by Crippen LogP contribution is 2.26. The number of nitrogens with zero attached hydrogens (tertiary/aromatic N) is 2. The molecule has 0 saturated heterocycles. The number of nitrogens with one attached hydrogen (secondary N) is 1. The fourth-order valence-electron chi connectivity index (χ4n) is 3.45. The van der Waals surface area contributed by atoms with Crippen molar-refractivity contribution in [3.05, 3.63) is 81.9 Å². The minimum atomic E-state index is -0.774. The number of rotatable bonds is 8. The Labute approximate surface area is 190 Å². The number of esters is 1. The summed E-state index contributed by atoms with van der Waals surface area (Å²) in [5, 5.41) is 15.2. The summed E-state index contributed by atoms with van der Waals surface area (Å²) >= 11 is 0. The van der Waals surface area contributed by atoms with Crippen LogP contribution in [0.25, 0.3) is 10.8 Å². The van der Waals surface area contributed by atoms with Gasteiger partial charge in [0.15, 0.2) is 6.61 Å². The first-order chi connectivity index (χ1) is 15.8. The van der Waals surface area contributed by atoms with Crippen molar-refractivity contribution in [3.63, 3.8) is 0 Å². The second-order valence-electron chi connectivity index (χ2n) is 7.24. The van der Waals surface area contributed by atoms with Gasteiger partial charge in [-0.2, -0.15) is 0 Å². The summed E-state index contributed by atoms with van der Waals surface area (Å²) in [6.45, 7) is 2.82. The Hall–Kier alpha value is -4.27. The molecule has 9 heteroatoms. The zero-order valence-electron chi connectivity index (χ0n) is 18.2. The number of hydrogen-bond acceptors (Lipinski definition) is 6. The molecule has 0 saturated carbocycles. The Bertz CT molecular complexity index is 1220. The van der Waals surface area contributed by atoms with Gasteiger partial charge in [0.05, 0.1) is 10.6 Å². The minimum absolute atomic E-state index is 0.101. The molecule has 1 N–H and O–H groups in total. The second kappa shape index (κ2) is 10.4. The Morgan fingerprint density at radius 1 is 1.06 bits per heavy atom. The predicted octanol–water partition coefficient (Wildman–Crippen LogP) is 3.38. The van der Waals surface area contributed by atoms with E-state index in [4.69, 9.17) is 4.74 Å². The van der Waals surface area contributed by atoms with Gasteiger partial charge >= 0.3 is 5.97 Å². The van der Waals surface area contributed by atoms with Crippen LogP contribution in [0.3, 0.4) is 0 Å². The van der Waals surface area contributed by atoms with E-state index in [9.17, 15) is 24.5 Å². The lowest BCUT2D eigenvalue weighted by Gasteiger charge is -2.22. The third-order valence-electron chi connectivity index (χ3n) is 5.08. The van der Waals surface area contributed by atoms with E-state index in [0.29, 0.717) is 12.1 Å². The monoisotopic (exact) mass is 449 g/mol. The van der Waals surface area contributed by atoms with Crippen LogP contribution in [-0.4, -0.2) is 42.4 Å². The van der Waals surface area contributed by atoms with Crippen molar-refractivity contribution in [3.8, 4) is 0 Å². The predicted molar refractivity (Wildman–Crippen MR) is 123 cm³/mol. The van der Waals surface area contributed by atoms with Gasteiger partial charge in [-0.3, -0.25) is 24.5 Å². The van der Waals surface area contributed by atoms with Gasteiger partial charge in [0.2, 0.25) is 0 Å². The molecule has 0 aliphatic rings. The highest BCUT2D eigenvalue weighted by atomic mass is 16.6. The van der Waals surface area contributed by atoms with Crippen LogP contribution in [0, 0.1) is 17.0 Å². The molecular formula is C24H23N3O6. The lowest BCUT2D eigenvalue weighted by molar-refractivity contribution is -0.385. The van der Waals surface area contributed by atoms with Crippen molar-refractivity contribution in [2.45, 2.75) is 13.8 Å². The molecule has 0 aliphatic carbocycles. The van der Waals surface area contributed by atoms with E-state index < -0.39 is 30.0 Å². The largest absolute Gasteiger partial charge is 0.454 e. The van der Waals surface area contributed by atoms with Crippen molar-refractivity contribution >= 4 is 39.9 Å². The zero-order chi connectivity index (χ0) is 24.0. The summed E-state index contributed by atoms with van der Waals surface area (Å²) in [6, 6.07) is 17.2. The van der Waals surface area contributed by atoms with Gasteiger partial charge in [-0.05, 0) is 37.4 Å². The number of carbonyl (C=O) groups excluding carboxylic acids is 3. The van der Waals surface area contributed by atoms with Gasteiger partial charge < -0.3 is 15.0 Å². The molecule has 0 radical (unpaired) electrons. The summed E-state index contributed by atoms with van der Waals surface area (Å²) in [7, 11) is 0. The zero-order valence-corrected chi connectivity index (χ0v) is 18.2. The van der Waals surface area contributed by atoms with Crippen molar-refractivity contribution in [2.24, 2.45) is 0 Å². The van der Waals surface area contributed by atoms with Crippen LogP contribution < -0.4 is 10.2 Å². The number of fused-ring (bicyclic) bond motifs is 1. The number of amides is 2. The van der Waals surface area contributed by atoms with Crippen LogP contribution >= 0.6 is 0 Å². The second-order valence-corrected chi connectivity index (χ2v) is 7.24. The number of nitro groups is 1. The SMILES string of the molecule is CCN(C(=O)COC(=O)CNC(=O)c1ccc([N+](=O)[O-])c(C)c1)c1cccc2ccccc12. The Balaban J connectivity index is 1.56. The summed E-state index contributed by atoms with van der Waals surface area (Å²) in [5.74, 6) is -1.74. The van der Waals surface area contributed by atoms with E-state index >= 15 is 0 Å². The molecule has 33 heavy (non-hydrogen) atoms. The number of ether oxygens (including phenoxy) is 1. The lowest BCUT2D eigenvalue weighted by Crippen LogP contribution is -2.36. The van der Waals surface area contributed by atoms with Gasteiger partial charge in [-0.1, -0.05) is 36.4 Å². The van der Waals surface area contributed by atoms with Gasteiger partial charge in [-0.25, -0.2) is 0 Å². The summed E-state index contributed by atoms with van der Waals surface area (Å²) in [6.07, 6.45) is 0. The van der Waals surface area contributed by atoms with Crippen LogP contribution in [0.15, 0.2) is 60.7 Å². The molecule has 0 unspecified atom stereocenters. The highest BCUT2D eigenvalue weighted by Gasteiger charge is 2.19. The number of carbonyl (C=O) groups is 3. The fourth-order valence-corrected chi connectivity index (χ4v) is 3.45. The average molecular weight is 449 g/mol. The van der Waals surface area contributed by atoms with E-state index in [1.54, 1.807) is 0 Å². The van der Waals surface area contributed by atoms with Crippen molar-refractivity contribution in [2.75, 3.05) is 24.6 Å². The normalized spacial score (nSPS) is 10.5. The van der Waals surface area contributed by atoms with Crippen LogP contribution in [-0.2, 0) is 14.3 Å². The minimum Gasteiger partial charge on any atom is -0.454 e. The van der Waals surface area contributed by atoms with Crippen molar-refractivity contribution < 1.29 is 24.0 Å². The maximum Gasteiger partial charge on any atom is 0.325 e. The Morgan fingerprint density at radius 2 is 1.79 bits per heavy atom. The Kier molecular flexibility index (Phi) is 7.34. The van der Waals surface area contributed by atoms with E-state index in [2.05, 4.69) is 5.32 Å². The summed E-state index contributed by atoms with van der Waals surface area (Å²) in [4.78, 5) is 48.9. The third-order valence-corrected chi connectivity index (χ3v) is 5.08. The molecule has 3 aromatic carbocycles. The third kappa shape index (κ3) is 5.51. The molecular weight excluding hydrogens is 426 g/mol.